The molecule has 1 saturated heterocycles. The van der Waals surface area contributed by atoms with E-state index in [2.05, 4.69) is 9.88 Å². The van der Waals surface area contributed by atoms with Crippen LogP contribution >= 0.6 is 0 Å². The van der Waals surface area contributed by atoms with Gasteiger partial charge in [0.05, 0.1) is 40.8 Å². The van der Waals surface area contributed by atoms with Crippen LogP contribution in [0.1, 0.15) is 29.7 Å². The zero-order valence-electron chi connectivity index (χ0n) is 20.7. The molecule has 37 heavy (non-hydrogen) atoms. The van der Waals surface area contributed by atoms with Crippen LogP contribution in [0.3, 0.4) is 0 Å². The third-order valence-electron chi connectivity index (χ3n) is 7.61. The van der Waals surface area contributed by atoms with Crippen molar-refractivity contribution in [3.8, 4) is 16.9 Å². The molecule has 192 valence electrons. The molecule has 9 heteroatoms. The lowest BCUT2D eigenvalue weighted by Gasteiger charge is -2.30. The van der Waals surface area contributed by atoms with Crippen molar-refractivity contribution >= 4 is 11.6 Å². The van der Waals surface area contributed by atoms with E-state index in [9.17, 15) is 9.90 Å². The van der Waals surface area contributed by atoms with Crippen LogP contribution in [-0.2, 0) is 21.4 Å². The highest BCUT2D eigenvalue weighted by Gasteiger charge is 2.52. The molecule has 1 N–H and O–H groups in total. The normalized spacial score (nSPS) is 19.4. The number of likely N-dealkylation sites (N-methyl/N-ethyl adjacent to an activating group) is 1. The zero-order chi connectivity index (χ0) is 25.9. The van der Waals surface area contributed by atoms with Crippen LogP contribution in [0.2, 0.25) is 0 Å². The first kappa shape index (κ1) is 23.8. The second-order valence-corrected chi connectivity index (χ2v) is 10.3. The molecule has 0 bridgehead atoms. The summed E-state index contributed by atoms with van der Waals surface area (Å²) in [6, 6.07) is 8.08. The SMILES string of the molecule is Cc1ccn2c(CC3CN(C)CCO3)c(-c3c(F)cc(-n4ccc(C5(C(=O)O)CC5)c4)cc3F)nc2c1. The van der Waals surface area contributed by atoms with Crippen LogP contribution in [0.25, 0.3) is 22.6 Å². The van der Waals surface area contributed by atoms with Gasteiger partial charge in [0.1, 0.15) is 17.3 Å². The van der Waals surface area contributed by atoms with Gasteiger partial charge in [0, 0.05) is 38.1 Å². The summed E-state index contributed by atoms with van der Waals surface area (Å²) in [5, 5.41) is 9.57. The van der Waals surface area contributed by atoms with Gasteiger partial charge in [-0.05, 0) is 68.3 Å². The summed E-state index contributed by atoms with van der Waals surface area (Å²) in [5.41, 5.74) is 2.43. The van der Waals surface area contributed by atoms with Crippen LogP contribution in [0, 0.1) is 18.6 Å². The van der Waals surface area contributed by atoms with E-state index in [1.807, 2.05) is 36.7 Å². The van der Waals surface area contributed by atoms with E-state index < -0.39 is 23.0 Å². The van der Waals surface area contributed by atoms with Gasteiger partial charge in [0.25, 0.3) is 0 Å². The molecule has 7 nitrogen and oxygen atoms in total. The number of halogens is 2. The number of fused-ring (bicyclic) bond motifs is 1. The Morgan fingerprint density at radius 3 is 2.62 bits per heavy atom. The fourth-order valence-electron chi connectivity index (χ4n) is 5.32. The van der Waals surface area contributed by atoms with Gasteiger partial charge in [0.15, 0.2) is 0 Å². The lowest BCUT2D eigenvalue weighted by molar-refractivity contribution is -0.140. The lowest BCUT2D eigenvalue weighted by Crippen LogP contribution is -2.41. The molecule has 0 amide bonds. The molecule has 4 heterocycles. The van der Waals surface area contributed by atoms with E-state index >= 15 is 8.78 Å². The summed E-state index contributed by atoms with van der Waals surface area (Å²) >= 11 is 0. The lowest BCUT2D eigenvalue weighted by atomic mass is 10.00. The maximum absolute atomic E-state index is 15.7. The van der Waals surface area contributed by atoms with E-state index in [-0.39, 0.29) is 23.0 Å². The Hall–Kier alpha value is -3.56. The minimum absolute atomic E-state index is 0.119. The van der Waals surface area contributed by atoms with Crippen molar-refractivity contribution in [2.75, 3.05) is 26.7 Å². The molecule has 2 fully saturated rings. The Morgan fingerprint density at radius 1 is 1.19 bits per heavy atom. The number of benzene rings is 1. The molecule has 1 aliphatic carbocycles. The minimum atomic E-state index is -0.888. The van der Waals surface area contributed by atoms with Gasteiger partial charge in [-0.15, -0.1) is 0 Å². The maximum atomic E-state index is 15.7. The molecule has 0 radical (unpaired) electrons. The van der Waals surface area contributed by atoms with Gasteiger partial charge in [0.2, 0.25) is 0 Å². The number of carbonyl (C=O) groups is 1. The Bertz CT molecular complexity index is 1500. The number of carboxylic acids is 1. The molecule has 1 aromatic carbocycles. The average molecular weight is 507 g/mol. The van der Waals surface area contributed by atoms with Crippen molar-refractivity contribution in [1.29, 1.82) is 0 Å². The number of pyridine rings is 1. The molecule has 0 spiro atoms. The van der Waals surface area contributed by atoms with E-state index in [0.717, 1.165) is 18.7 Å². The van der Waals surface area contributed by atoms with Gasteiger partial charge in [-0.1, -0.05) is 0 Å². The molecule has 3 aromatic heterocycles. The molecule has 4 aromatic rings. The number of morpholine rings is 1. The number of imidazole rings is 1. The maximum Gasteiger partial charge on any atom is 0.314 e. The predicted octanol–water partition coefficient (Wildman–Crippen LogP) is 4.37. The summed E-state index contributed by atoms with van der Waals surface area (Å²) in [6.07, 6.45) is 6.63. The number of ether oxygens (including phenoxy) is 1. The number of hydrogen-bond acceptors (Lipinski definition) is 4. The minimum Gasteiger partial charge on any atom is -0.481 e. The Kier molecular flexibility index (Phi) is 5.65. The van der Waals surface area contributed by atoms with Gasteiger partial charge >= 0.3 is 5.97 Å². The average Bonchev–Trinajstić information content (AvgIpc) is 3.39. The topological polar surface area (TPSA) is 72.0 Å². The van der Waals surface area contributed by atoms with Gasteiger partial charge in [-0.25, -0.2) is 13.8 Å². The van der Waals surface area contributed by atoms with Crippen molar-refractivity contribution in [3.05, 3.63) is 77.4 Å². The van der Waals surface area contributed by atoms with Gasteiger partial charge in [-0.3, -0.25) is 4.79 Å². The summed E-state index contributed by atoms with van der Waals surface area (Å²) in [5.74, 6) is -2.33. The molecule has 1 atom stereocenters. The Labute approximate surface area is 212 Å². The number of aromatic nitrogens is 3. The monoisotopic (exact) mass is 506 g/mol. The van der Waals surface area contributed by atoms with Crippen molar-refractivity contribution in [2.45, 2.75) is 37.7 Å². The highest BCUT2D eigenvalue weighted by molar-refractivity contribution is 5.84. The largest absolute Gasteiger partial charge is 0.481 e. The highest BCUT2D eigenvalue weighted by atomic mass is 19.1. The van der Waals surface area contributed by atoms with Crippen molar-refractivity contribution in [1.82, 2.24) is 18.9 Å². The molecule has 1 aliphatic heterocycles. The number of aliphatic carboxylic acids is 1. The second-order valence-electron chi connectivity index (χ2n) is 10.3. The van der Waals surface area contributed by atoms with Crippen LogP contribution < -0.4 is 0 Å². The second kappa shape index (κ2) is 8.78. The number of nitrogens with zero attached hydrogens (tertiary/aromatic N) is 4. The van der Waals surface area contributed by atoms with Crippen molar-refractivity contribution < 1.29 is 23.4 Å². The quantitative estimate of drug-likeness (QED) is 0.421. The Balaban J connectivity index is 1.41. The first-order chi connectivity index (χ1) is 17.7. The third kappa shape index (κ3) is 4.12. The Morgan fingerprint density at radius 2 is 1.95 bits per heavy atom. The van der Waals surface area contributed by atoms with E-state index in [0.29, 0.717) is 42.8 Å². The van der Waals surface area contributed by atoms with Crippen LogP contribution in [0.4, 0.5) is 8.78 Å². The van der Waals surface area contributed by atoms with Crippen LogP contribution in [0.5, 0.6) is 0 Å². The summed E-state index contributed by atoms with van der Waals surface area (Å²) in [4.78, 5) is 18.5. The fraction of sp³-hybridized carbons (Fsp3) is 0.357. The summed E-state index contributed by atoms with van der Waals surface area (Å²) in [6.45, 7) is 4.11. The molecule has 1 saturated carbocycles. The number of aryl methyl sites for hydroxylation is 1. The van der Waals surface area contributed by atoms with E-state index in [1.165, 1.54) is 12.1 Å². The molecule has 6 rings (SSSR count). The van der Waals surface area contributed by atoms with Crippen LogP contribution in [0.15, 0.2) is 48.9 Å². The first-order valence-electron chi connectivity index (χ1n) is 12.4. The number of hydrogen-bond donors (Lipinski definition) is 1. The smallest absolute Gasteiger partial charge is 0.314 e. The van der Waals surface area contributed by atoms with E-state index in [1.54, 1.807) is 23.0 Å². The predicted molar refractivity (Wildman–Crippen MR) is 134 cm³/mol. The third-order valence-corrected chi connectivity index (χ3v) is 7.61. The van der Waals surface area contributed by atoms with Gasteiger partial charge < -0.3 is 23.7 Å². The van der Waals surface area contributed by atoms with Crippen molar-refractivity contribution in [2.24, 2.45) is 0 Å². The summed E-state index contributed by atoms with van der Waals surface area (Å²) < 4.78 is 40.7. The molecule has 2 aliphatic rings. The van der Waals surface area contributed by atoms with Crippen LogP contribution in [-0.4, -0.2) is 62.8 Å². The molecular weight excluding hydrogens is 478 g/mol. The van der Waals surface area contributed by atoms with Gasteiger partial charge in [-0.2, -0.15) is 0 Å². The molecule has 1 unspecified atom stereocenters. The standard InChI is InChI=1S/C28H28F2N4O3/c1-17-3-8-34-23(14-20-16-32(2)9-10-37-20)26(31-24(34)11-17)25-21(29)12-19(13-22(25)30)33-7-4-18(15-33)28(5-6-28)27(35)36/h3-4,7-8,11-13,15,20H,5-6,9-10,14,16H2,1-2H3,(H,35,36). The summed E-state index contributed by atoms with van der Waals surface area (Å²) in [7, 11) is 2.03. The zero-order valence-corrected chi connectivity index (χ0v) is 20.7. The fourth-order valence-corrected chi connectivity index (χ4v) is 5.32. The highest BCUT2D eigenvalue weighted by Crippen LogP contribution is 2.48. The number of rotatable bonds is 6. The van der Waals surface area contributed by atoms with E-state index in [4.69, 9.17) is 4.74 Å². The van der Waals surface area contributed by atoms with Crippen molar-refractivity contribution in [3.63, 3.8) is 0 Å². The molecular formula is C28H28F2N4O3. The first-order valence-corrected chi connectivity index (χ1v) is 12.4. The number of carboxylic acid groups (broad SMARTS) is 1.